The molecule has 2 aliphatic heterocycles. The van der Waals surface area contributed by atoms with Gasteiger partial charge in [0.2, 0.25) is 0 Å². The Morgan fingerprint density at radius 3 is 2.77 bits per heavy atom. The lowest BCUT2D eigenvalue weighted by Gasteiger charge is -2.29. The maximum Gasteiger partial charge on any atom is 0.0742 e. The first-order valence-electron chi connectivity index (χ1n) is 5.52. The summed E-state index contributed by atoms with van der Waals surface area (Å²) in [6.45, 7) is 10.3. The van der Waals surface area contributed by atoms with Crippen LogP contribution in [0.2, 0.25) is 0 Å². The van der Waals surface area contributed by atoms with Gasteiger partial charge in [0.1, 0.15) is 0 Å². The molecule has 0 aromatic rings. The molecule has 0 radical (unpaired) electrons. The molecule has 2 saturated heterocycles. The molecule has 13 heavy (non-hydrogen) atoms. The van der Waals surface area contributed by atoms with Gasteiger partial charge in [0, 0.05) is 25.7 Å². The van der Waals surface area contributed by atoms with E-state index in [0.29, 0.717) is 12.1 Å². The van der Waals surface area contributed by atoms with Crippen molar-refractivity contribution in [2.75, 3.05) is 19.7 Å². The monoisotopic (exact) mass is 183 g/mol. The number of ether oxygens (including phenoxy) is 1. The molecular formula is C11H21NO. The minimum Gasteiger partial charge on any atom is -0.376 e. The standard InChI is InChI=1S/C11H21NO/c1-8(2)12-5-10-4-9(3)7-13-11(10)6-12/h8-11H,4-7H2,1-3H3. The molecular weight excluding hydrogens is 162 g/mol. The Labute approximate surface area is 81.3 Å². The summed E-state index contributed by atoms with van der Waals surface area (Å²) in [5.74, 6) is 1.58. The number of fused-ring (bicyclic) bond motifs is 1. The number of nitrogens with zero attached hydrogens (tertiary/aromatic N) is 1. The molecule has 2 heterocycles. The highest BCUT2D eigenvalue weighted by Gasteiger charge is 2.38. The highest BCUT2D eigenvalue weighted by molar-refractivity contribution is 4.89. The van der Waals surface area contributed by atoms with Crippen LogP contribution in [0, 0.1) is 11.8 Å². The van der Waals surface area contributed by atoms with E-state index in [1.165, 1.54) is 13.0 Å². The zero-order valence-electron chi connectivity index (χ0n) is 8.99. The third-order valence-electron chi connectivity index (χ3n) is 3.44. The van der Waals surface area contributed by atoms with Crippen LogP contribution in [0.4, 0.5) is 0 Å². The number of likely N-dealkylation sites (tertiary alicyclic amines) is 1. The van der Waals surface area contributed by atoms with Crippen molar-refractivity contribution >= 4 is 0 Å². The molecule has 2 nitrogen and oxygen atoms in total. The Hall–Kier alpha value is -0.0800. The lowest BCUT2D eigenvalue weighted by Crippen LogP contribution is -2.32. The van der Waals surface area contributed by atoms with E-state index in [4.69, 9.17) is 4.74 Å². The van der Waals surface area contributed by atoms with Crippen LogP contribution in [-0.2, 0) is 4.74 Å². The van der Waals surface area contributed by atoms with Gasteiger partial charge in [0.25, 0.3) is 0 Å². The lowest BCUT2D eigenvalue weighted by molar-refractivity contribution is -0.0285. The van der Waals surface area contributed by atoms with E-state index in [1.54, 1.807) is 0 Å². The molecule has 0 saturated carbocycles. The predicted molar refractivity (Wildman–Crippen MR) is 53.7 cm³/mol. The first-order valence-corrected chi connectivity index (χ1v) is 5.52. The smallest absolute Gasteiger partial charge is 0.0742 e. The van der Waals surface area contributed by atoms with E-state index in [1.807, 2.05) is 0 Å². The van der Waals surface area contributed by atoms with Crippen molar-refractivity contribution in [2.24, 2.45) is 11.8 Å². The Morgan fingerprint density at radius 2 is 2.08 bits per heavy atom. The lowest BCUT2D eigenvalue weighted by atomic mass is 9.91. The molecule has 3 unspecified atom stereocenters. The van der Waals surface area contributed by atoms with Crippen LogP contribution in [0.25, 0.3) is 0 Å². The number of hydrogen-bond donors (Lipinski definition) is 0. The van der Waals surface area contributed by atoms with Crippen molar-refractivity contribution < 1.29 is 4.74 Å². The van der Waals surface area contributed by atoms with Gasteiger partial charge in [0.15, 0.2) is 0 Å². The van der Waals surface area contributed by atoms with Crippen LogP contribution in [0.5, 0.6) is 0 Å². The van der Waals surface area contributed by atoms with Crippen LogP contribution in [0.3, 0.4) is 0 Å². The van der Waals surface area contributed by atoms with Gasteiger partial charge in [-0.2, -0.15) is 0 Å². The fourth-order valence-electron chi connectivity index (χ4n) is 2.58. The average Bonchev–Trinajstić information content (AvgIpc) is 2.46. The third kappa shape index (κ3) is 1.89. The summed E-state index contributed by atoms with van der Waals surface area (Å²) in [5, 5.41) is 0. The summed E-state index contributed by atoms with van der Waals surface area (Å²) in [7, 11) is 0. The zero-order valence-corrected chi connectivity index (χ0v) is 8.99. The van der Waals surface area contributed by atoms with E-state index in [-0.39, 0.29) is 0 Å². The molecule has 76 valence electrons. The van der Waals surface area contributed by atoms with Crippen molar-refractivity contribution in [1.29, 1.82) is 0 Å². The van der Waals surface area contributed by atoms with Gasteiger partial charge in [0.05, 0.1) is 6.10 Å². The van der Waals surface area contributed by atoms with E-state index in [2.05, 4.69) is 25.7 Å². The first-order chi connectivity index (χ1) is 6.16. The molecule has 2 aliphatic rings. The topological polar surface area (TPSA) is 12.5 Å². The minimum atomic E-state index is 0.540. The molecule has 0 amide bonds. The van der Waals surface area contributed by atoms with Crippen LogP contribution < -0.4 is 0 Å². The normalized spacial score (nSPS) is 41.1. The zero-order chi connectivity index (χ0) is 9.42. The van der Waals surface area contributed by atoms with Crippen molar-refractivity contribution in [3.05, 3.63) is 0 Å². The predicted octanol–water partition coefficient (Wildman–Crippen LogP) is 1.75. The maximum atomic E-state index is 5.85. The molecule has 2 rings (SSSR count). The first kappa shape index (κ1) is 9.47. The molecule has 3 atom stereocenters. The maximum absolute atomic E-state index is 5.85. The third-order valence-corrected chi connectivity index (χ3v) is 3.44. The molecule has 0 aromatic carbocycles. The van der Waals surface area contributed by atoms with Crippen molar-refractivity contribution in [2.45, 2.75) is 39.3 Å². The fourth-order valence-corrected chi connectivity index (χ4v) is 2.58. The SMILES string of the molecule is CC1COC2CN(C(C)C)CC2C1. The van der Waals surface area contributed by atoms with Gasteiger partial charge in [-0.25, -0.2) is 0 Å². The molecule has 0 aliphatic carbocycles. The van der Waals surface area contributed by atoms with Crippen molar-refractivity contribution in [3.63, 3.8) is 0 Å². The molecule has 2 heteroatoms. The molecule has 0 spiro atoms. The summed E-state index contributed by atoms with van der Waals surface area (Å²) in [5.41, 5.74) is 0. The van der Waals surface area contributed by atoms with Gasteiger partial charge < -0.3 is 4.74 Å². The summed E-state index contributed by atoms with van der Waals surface area (Å²) in [4.78, 5) is 2.55. The van der Waals surface area contributed by atoms with Crippen LogP contribution in [0.15, 0.2) is 0 Å². The molecule has 0 N–H and O–H groups in total. The largest absolute Gasteiger partial charge is 0.376 e. The summed E-state index contributed by atoms with van der Waals surface area (Å²) < 4.78 is 5.85. The van der Waals surface area contributed by atoms with Gasteiger partial charge in [-0.3, -0.25) is 4.90 Å². The average molecular weight is 183 g/mol. The Morgan fingerprint density at radius 1 is 1.31 bits per heavy atom. The number of hydrogen-bond acceptors (Lipinski definition) is 2. The van der Waals surface area contributed by atoms with Crippen LogP contribution in [-0.4, -0.2) is 36.7 Å². The Kier molecular flexibility index (Phi) is 2.61. The summed E-state index contributed by atoms with van der Waals surface area (Å²) >= 11 is 0. The van der Waals surface area contributed by atoms with Gasteiger partial charge in [-0.05, 0) is 32.1 Å². The van der Waals surface area contributed by atoms with Crippen LogP contribution >= 0.6 is 0 Å². The molecule has 0 bridgehead atoms. The van der Waals surface area contributed by atoms with Gasteiger partial charge >= 0.3 is 0 Å². The van der Waals surface area contributed by atoms with E-state index < -0.39 is 0 Å². The summed E-state index contributed by atoms with van der Waals surface area (Å²) in [6, 6.07) is 0.685. The second kappa shape index (κ2) is 3.58. The van der Waals surface area contributed by atoms with E-state index in [0.717, 1.165) is 25.0 Å². The van der Waals surface area contributed by atoms with Crippen molar-refractivity contribution in [3.8, 4) is 0 Å². The fraction of sp³-hybridized carbons (Fsp3) is 1.00. The summed E-state index contributed by atoms with van der Waals surface area (Å²) in [6.07, 6.45) is 1.91. The van der Waals surface area contributed by atoms with Crippen LogP contribution in [0.1, 0.15) is 27.2 Å². The van der Waals surface area contributed by atoms with Crippen molar-refractivity contribution in [1.82, 2.24) is 4.90 Å². The Balaban J connectivity index is 1.94. The Bertz CT molecular complexity index is 181. The minimum absolute atomic E-state index is 0.540. The number of rotatable bonds is 1. The molecule has 2 fully saturated rings. The quantitative estimate of drug-likeness (QED) is 0.614. The second-order valence-corrected chi connectivity index (χ2v) is 5.02. The highest BCUT2D eigenvalue weighted by Crippen LogP contribution is 2.31. The van der Waals surface area contributed by atoms with Gasteiger partial charge in [-0.15, -0.1) is 0 Å². The second-order valence-electron chi connectivity index (χ2n) is 5.02. The van der Waals surface area contributed by atoms with Gasteiger partial charge in [-0.1, -0.05) is 6.92 Å². The van der Waals surface area contributed by atoms with E-state index in [9.17, 15) is 0 Å². The highest BCUT2D eigenvalue weighted by atomic mass is 16.5. The van der Waals surface area contributed by atoms with E-state index >= 15 is 0 Å². The molecule has 0 aromatic heterocycles.